The topological polar surface area (TPSA) is 23.8 Å². The molecule has 0 aromatic heterocycles. The largest absolute Gasteiger partial charge is 0.198 e. The van der Waals surface area contributed by atoms with Crippen LogP contribution in [0.5, 0.6) is 0 Å². The molecule has 54 valence electrons. The molecule has 0 atom stereocenters. The fraction of sp³-hybridized carbons (Fsp3) is 0.667. The molecule has 0 saturated heterocycles. The minimum atomic E-state index is 0.569. The molecule has 0 bridgehead atoms. The van der Waals surface area contributed by atoms with Crippen LogP contribution in [0.1, 0.15) is 39.0 Å². The second-order valence-corrected chi connectivity index (χ2v) is 2.12. The molecule has 0 spiro atoms. The molecule has 10 heavy (non-hydrogen) atoms. The van der Waals surface area contributed by atoms with Crippen LogP contribution in [0.4, 0.5) is 0 Å². The summed E-state index contributed by atoms with van der Waals surface area (Å²) in [6.45, 7) is 2.15. The second-order valence-electron chi connectivity index (χ2n) is 2.12. The zero-order valence-corrected chi connectivity index (χ0v) is 6.48. The lowest BCUT2D eigenvalue weighted by Crippen LogP contribution is -1.68. The first kappa shape index (κ1) is 9.05. The number of nitrogens with zero attached hydrogens (tertiary/aromatic N) is 1. The van der Waals surface area contributed by atoms with E-state index in [0.717, 1.165) is 12.8 Å². The van der Waals surface area contributed by atoms with Gasteiger partial charge in [0, 0.05) is 19.3 Å². The van der Waals surface area contributed by atoms with Crippen molar-refractivity contribution in [3.63, 3.8) is 0 Å². The van der Waals surface area contributed by atoms with Crippen molar-refractivity contribution in [3.05, 3.63) is 0 Å². The maximum absolute atomic E-state index is 8.15. The molecule has 0 aliphatic rings. The lowest BCUT2D eigenvalue weighted by Gasteiger charge is -1.82. The summed E-state index contributed by atoms with van der Waals surface area (Å²) in [5.74, 6) is 5.97. The Morgan fingerprint density at radius 2 is 1.80 bits per heavy atom. The molecule has 0 amide bonds. The first-order valence-corrected chi connectivity index (χ1v) is 3.74. The quantitative estimate of drug-likeness (QED) is 0.431. The molecule has 1 nitrogen and oxygen atoms in total. The molecule has 0 aromatic rings. The van der Waals surface area contributed by atoms with Crippen LogP contribution in [-0.2, 0) is 0 Å². The average molecular weight is 135 g/mol. The van der Waals surface area contributed by atoms with Gasteiger partial charge in [0.05, 0.1) is 6.07 Å². The third kappa shape index (κ3) is 7.05. The predicted molar refractivity (Wildman–Crippen MR) is 42.1 cm³/mol. The van der Waals surface area contributed by atoms with Crippen LogP contribution in [0.15, 0.2) is 0 Å². The summed E-state index contributed by atoms with van der Waals surface area (Å²) in [6.07, 6.45) is 4.67. The third-order valence-electron chi connectivity index (χ3n) is 1.14. The maximum atomic E-state index is 8.15. The van der Waals surface area contributed by atoms with Gasteiger partial charge in [0.15, 0.2) is 0 Å². The highest BCUT2D eigenvalue weighted by Gasteiger charge is 1.77. The first-order valence-electron chi connectivity index (χ1n) is 3.74. The Balaban J connectivity index is 3.08. The van der Waals surface area contributed by atoms with Gasteiger partial charge in [-0.2, -0.15) is 5.26 Å². The van der Waals surface area contributed by atoms with Crippen molar-refractivity contribution in [1.29, 1.82) is 5.26 Å². The van der Waals surface area contributed by atoms with Gasteiger partial charge in [0.2, 0.25) is 0 Å². The van der Waals surface area contributed by atoms with Gasteiger partial charge in [-0.3, -0.25) is 0 Å². The first-order chi connectivity index (χ1) is 4.91. The lowest BCUT2D eigenvalue weighted by molar-refractivity contribution is 0.827. The predicted octanol–water partition coefficient (Wildman–Crippen LogP) is 2.48. The Hall–Kier alpha value is -0.950. The van der Waals surface area contributed by atoms with E-state index in [2.05, 4.69) is 24.8 Å². The van der Waals surface area contributed by atoms with Gasteiger partial charge in [-0.15, -0.1) is 11.8 Å². The number of hydrogen-bond donors (Lipinski definition) is 0. The molecular formula is C9H13N. The summed E-state index contributed by atoms with van der Waals surface area (Å²) in [5, 5.41) is 8.15. The highest BCUT2D eigenvalue weighted by Crippen LogP contribution is 1.91. The Morgan fingerprint density at radius 3 is 2.40 bits per heavy atom. The Bertz CT molecular complexity index is 154. The maximum Gasteiger partial charge on any atom is 0.0631 e. The minimum absolute atomic E-state index is 0.569. The summed E-state index contributed by atoms with van der Waals surface area (Å²) in [6, 6.07) is 2.06. The summed E-state index contributed by atoms with van der Waals surface area (Å²) in [4.78, 5) is 0. The normalized spacial score (nSPS) is 7.60. The number of hydrogen-bond acceptors (Lipinski definition) is 1. The molecule has 0 radical (unpaired) electrons. The van der Waals surface area contributed by atoms with E-state index in [-0.39, 0.29) is 0 Å². The number of nitriles is 1. The monoisotopic (exact) mass is 135 g/mol. The van der Waals surface area contributed by atoms with Gasteiger partial charge >= 0.3 is 0 Å². The van der Waals surface area contributed by atoms with E-state index < -0.39 is 0 Å². The molecule has 0 aliphatic heterocycles. The average Bonchev–Trinajstić information content (AvgIpc) is 1.97. The zero-order chi connectivity index (χ0) is 7.66. The van der Waals surface area contributed by atoms with Crippen molar-refractivity contribution in [1.82, 2.24) is 0 Å². The van der Waals surface area contributed by atoms with Crippen molar-refractivity contribution in [3.8, 4) is 17.9 Å². The van der Waals surface area contributed by atoms with Crippen molar-refractivity contribution < 1.29 is 0 Å². The van der Waals surface area contributed by atoms with Gasteiger partial charge in [0.25, 0.3) is 0 Å². The van der Waals surface area contributed by atoms with Crippen molar-refractivity contribution in [2.75, 3.05) is 0 Å². The van der Waals surface area contributed by atoms with E-state index in [9.17, 15) is 0 Å². The van der Waals surface area contributed by atoms with Gasteiger partial charge in [-0.1, -0.05) is 13.3 Å². The van der Waals surface area contributed by atoms with Crippen LogP contribution in [0, 0.1) is 23.2 Å². The third-order valence-corrected chi connectivity index (χ3v) is 1.14. The van der Waals surface area contributed by atoms with Gasteiger partial charge in [-0.05, 0) is 6.42 Å². The van der Waals surface area contributed by atoms with Gasteiger partial charge in [0.1, 0.15) is 0 Å². The Morgan fingerprint density at radius 1 is 1.10 bits per heavy atom. The summed E-state index contributed by atoms with van der Waals surface area (Å²) in [5.41, 5.74) is 0. The molecule has 0 unspecified atom stereocenters. The van der Waals surface area contributed by atoms with Crippen LogP contribution in [-0.4, -0.2) is 0 Å². The molecule has 0 aliphatic carbocycles. The van der Waals surface area contributed by atoms with E-state index in [1.165, 1.54) is 12.8 Å². The van der Waals surface area contributed by atoms with Crippen molar-refractivity contribution in [2.45, 2.75) is 39.0 Å². The van der Waals surface area contributed by atoms with Crippen LogP contribution in [0.3, 0.4) is 0 Å². The standard InChI is InChI=1S/C9H13N/c1-2-3-4-5-6-7-8-9-10/h2-4,7-8H2,1H3. The summed E-state index contributed by atoms with van der Waals surface area (Å²) < 4.78 is 0. The van der Waals surface area contributed by atoms with E-state index >= 15 is 0 Å². The van der Waals surface area contributed by atoms with Crippen molar-refractivity contribution in [2.24, 2.45) is 0 Å². The molecule has 0 saturated carbocycles. The summed E-state index contributed by atoms with van der Waals surface area (Å²) >= 11 is 0. The minimum Gasteiger partial charge on any atom is -0.198 e. The number of rotatable bonds is 3. The lowest BCUT2D eigenvalue weighted by atomic mass is 10.2. The molecule has 0 N–H and O–H groups in total. The van der Waals surface area contributed by atoms with Crippen LogP contribution in [0.25, 0.3) is 0 Å². The fourth-order valence-corrected chi connectivity index (χ4v) is 0.560. The zero-order valence-electron chi connectivity index (χ0n) is 6.48. The van der Waals surface area contributed by atoms with Crippen LogP contribution < -0.4 is 0 Å². The van der Waals surface area contributed by atoms with Crippen molar-refractivity contribution >= 4 is 0 Å². The molecule has 0 heterocycles. The molecule has 0 rings (SSSR count). The molecule has 0 fully saturated rings. The number of unbranched alkanes of at least 4 members (excludes halogenated alkanes) is 3. The van der Waals surface area contributed by atoms with Gasteiger partial charge < -0.3 is 0 Å². The Kier molecular flexibility index (Phi) is 7.29. The van der Waals surface area contributed by atoms with E-state index in [1.54, 1.807) is 0 Å². The van der Waals surface area contributed by atoms with Gasteiger partial charge in [-0.25, -0.2) is 0 Å². The molecular weight excluding hydrogens is 122 g/mol. The van der Waals surface area contributed by atoms with E-state index in [0.29, 0.717) is 6.42 Å². The van der Waals surface area contributed by atoms with E-state index in [4.69, 9.17) is 5.26 Å². The Labute approximate surface area is 63.1 Å². The molecule has 1 heteroatoms. The smallest absolute Gasteiger partial charge is 0.0631 e. The second kappa shape index (κ2) is 8.05. The molecule has 0 aromatic carbocycles. The van der Waals surface area contributed by atoms with Crippen LogP contribution in [0.2, 0.25) is 0 Å². The highest BCUT2D eigenvalue weighted by molar-refractivity contribution is 5.00. The SMILES string of the molecule is CCCCC#CCCC#N. The van der Waals surface area contributed by atoms with E-state index in [1.807, 2.05) is 0 Å². The van der Waals surface area contributed by atoms with Crippen LogP contribution >= 0.6 is 0 Å². The highest BCUT2D eigenvalue weighted by atomic mass is 14.2. The summed E-state index contributed by atoms with van der Waals surface area (Å²) in [7, 11) is 0. The fourth-order valence-electron chi connectivity index (χ4n) is 0.560.